The summed E-state index contributed by atoms with van der Waals surface area (Å²) in [5.74, 6) is -2.27. The number of aliphatic hydroxyl groups is 1. The molecule has 208 valence electrons. The first-order valence-electron chi connectivity index (χ1n) is 13.9. The van der Waals surface area contributed by atoms with Gasteiger partial charge in [-0.2, -0.15) is 0 Å². The molecule has 4 fully saturated rings. The Labute approximate surface area is 224 Å². The van der Waals surface area contributed by atoms with Gasteiger partial charge in [-0.25, -0.2) is 0 Å². The zero-order valence-corrected chi connectivity index (χ0v) is 22.3. The number of ether oxygens (including phenoxy) is 2. The minimum absolute atomic E-state index is 0.0783. The highest BCUT2D eigenvalue weighted by atomic mass is 16.5. The van der Waals surface area contributed by atoms with E-state index < -0.39 is 35.6 Å². The molecular weight excluding hydrogens is 488 g/mol. The molecule has 5 rings (SSSR count). The van der Waals surface area contributed by atoms with Gasteiger partial charge in [0.05, 0.1) is 43.8 Å². The Hall–Kier alpha value is -2.53. The summed E-state index contributed by atoms with van der Waals surface area (Å²) in [7, 11) is 0. The Bertz CT molecular complexity index is 1020. The SMILES string of the molecule is CC(C)[C@H](CO)N1C(=O)[C@@H]2[C@@H](C(=O)NCc3ccccc3)[C@H]3CCC2(O3)C1C(=O)NCCN1CCOCC1. The topological polar surface area (TPSA) is 120 Å². The molecule has 1 aromatic carbocycles. The van der Waals surface area contributed by atoms with Gasteiger partial charge in [-0.15, -0.1) is 0 Å². The van der Waals surface area contributed by atoms with Gasteiger partial charge in [0.2, 0.25) is 17.7 Å². The summed E-state index contributed by atoms with van der Waals surface area (Å²) in [6.45, 7) is 8.07. The number of carbonyl (C=O) groups is 3. The molecule has 10 nitrogen and oxygen atoms in total. The smallest absolute Gasteiger partial charge is 0.245 e. The number of nitrogens with one attached hydrogen (secondary N) is 2. The van der Waals surface area contributed by atoms with Crippen molar-refractivity contribution < 1.29 is 29.0 Å². The van der Waals surface area contributed by atoms with Gasteiger partial charge in [0.1, 0.15) is 11.6 Å². The fourth-order valence-corrected chi connectivity index (χ4v) is 6.83. The molecule has 1 spiro atoms. The third-order valence-electron chi connectivity index (χ3n) is 8.74. The van der Waals surface area contributed by atoms with Crippen LogP contribution >= 0.6 is 0 Å². The lowest BCUT2D eigenvalue weighted by atomic mass is 9.70. The van der Waals surface area contributed by atoms with Crippen molar-refractivity contribution in [2.75, 3.05) is 46.0 Å². The summed E-state index contributed by atoms with van der Waals surface area (Å²) < 4.78 is 11.9. The summed E-state index contributed by atoms with van der Waals surface area (Å²) in [6.07, 6.45) is 0.742. The molecular formula is C28H40N4O6. The minimum atomic E-state index is -1.07. The van der Waals surface area contributed by atoms with Crippen LogP contribution in [0.3, 0.4) is 0 Å². The molecule has 3 N–H and O–H groups in total. The highest BCUT2D eigenvalue weighted by Gasteiger charge is 2.75. The molecule has 10 heteroatoms. The van der Waals surface area contributed by atoms with Crippen molar-refractivity contribution in [2.45, 2.75) is 57.0 Å². The van der Waals surface area contributed by atoms with Gasteiger partial charge in [-0.1, -0.05) is 44.2 Å². The Morgan fingerprint density at radius 3 is 2.55 bits per heavy atom. The number of morpholine rings is 1. The van der Waals surface area contributed by atoms with E-state index >= 15 is 0 Å². The maximum absolute atomic E-state index is 14.1. The molecule has 4 aliphatic heterocycles. The number of carbonyl (C=O) groups excluding carboxylic acids is 3. The second-order valence-electron chi connectivity index (χ2n) is 11.2. The van der Waals surface area contributed by atoms with Crippen LogP contribution in [0.15, 0.2) is 30.3 Å². The van der Waals surface area contributed by atoms with Crippen LogP contribution in [0, 0.1) is 17.8 Å². The van der Waals surface area contributed by atoms with Crippen molar-refractivity contribution in [1.82, 2.24) is 20.4 Å². The first kappa shape index (κ1) is 27.1. The number of benzene rings is 1. The van der Waals surface area contributed by atoms with Gasteiger partial charge < -0.3 is 30.1 Å². The Kier molecular flexibility index (Phi) is 8.04. The predicted molar refractivity (Wildman–Crippen MR) is 139 cm³/mol. The minimum Gasteiger partial charge on any atom is -0.394 e. The highest BCUT2D eigenvalue weighted by Crippen LogP contribution is 2.59. The molecule has 4 aliphatic rings. The Morgan fingerprint density at radius 2 is 1.87 bits per heavy atom. The lowest BCUT2D eigenvalue weighted by Crippen LogP contribution is -2.59. The van der Waals surface area contributed by atoms with E-state index in [-0.39, 0.29) is 30.2 Å². The first-order chi connectivity index (χ1) is 18.4. The second-order valence-corrected chi connectivity index (χ2v) is 11.2. The third-order valence-corrected chi connectivity index (χ3v) is 8.74. The summed E-state index contributed by atoms with van der Waals surface area (Å²) in [5.41, 5.74) is -0.0984. The molecule has 0 saturated carbocycles. The fraction of sp³-hybridized carbons (Fsp3) is 0.679. The van der Waals surface area contributed by atoms with Gasteiger partial charge in [0.15, 0.2) is 0 Å². The van der Waals surface area contributed by atoms with Gasteiger partial charge in [0, 0.05) is 32.7 Å². The van der Waals surface area contributed by atoms with Crippen LogP contribution in [0.2, 0.25) is 0 Å². The highest BCUT2D eigenvalue weighted by molar-refractivity contribution is 5.99. The van der Waals surface area contributed by atoms with E-state index in [4.69, 9.17) is 9.47 Å². The molecule has 1 aromatic rings. The monoisotopic (exact) mass is 528 g/mol. The fourth-order valence-electron chi connectivity index (χ4n) is 6.83. The van der Waals surface area contributed by atoms with Crippen LogP contribution < -0.4 is 10.6 Å². The molecule has 2 bridgehead atoms. The van der Waals surface area contributed by atoms with E-state index in [1.807, 2.05) is 44.2 Å². The van der Waals surface area contributed by atoms with Crippen molar-refractivity contribution in [1.29, 1.82) is 0 Å². The molecule has 4 saturated heterocycles. The number of hydrogen-bond donors (Lipinski definition) is 3. The van der Waals surface area contributed by atoms with Crippen LogP contribution in [-0.4, -0.2) is 102 Å². The standard InChI is InChI=1S/C28H40N4O6/c1-18(2)20(17-33)32-24(26(35)29-10-11-31-12-14-37-15-13-31)28-9-8-21(38-28)22(23(28)27(32)36)25(34)30-16-19-6-4-3-5-7-19/h3-7,18,20-24,33H,8-17H2,1-2H3,(H,29,35)(H,30,34)/t20-,21+,22-,23-,24?,28?/m0/s1. The quantitative estimate of drug-likeness (QED) is 0.395. The van der Waals surface area contributed by atoms with E-state index in [0.717, 1.165) is 18.7 Å². The van der Waals surface area contributed by atoms with Crippen molar-refractivity contribution in [2.24, 2.45) is 17.8 Å². The maximum Gasteiger partial charge on any atom is 0.245 e. The summed E-state index contributed by atoms with van der Waals surface area (Å²) in [4.78, 5) is 45.1. The number of amides is 3. The average molecular weight is 529 g/mol. The Balaban J connectivity index is 1.36. The molecule has 38 heavy (non-hydrogen) atoms. The predicted octanol–water partition coefficient (Wildman–Crippen LogP) is 0.143. The summed E-state index contributed by atoms with van der Waals surface area (Å²) in [5, 5.41) is 16.3. The molecule has 2 unspecified atom stereocenters. The lowest BCUT2D eigenvalue weighted by Gasteiger charge is -2.38. The third kappa shape index (κ3) is 4.83. The molecule has 0 aromatic heterocycles. The van der Waals surface area contributed by atoms with Crippen LogP contribution in [-0.2, 0) is 30.4 Å². The van der Waals surface area contributed by atoms with E-state index in [1.165, 1.54) is 0 Å². The molecule has 0 aliphatic carbocycles. The number of likely N-dealkylation sites (tertiary alicyclic amines) is 1. The number of rotatable bonds is 10. The summed E-state index contributed by atoms with van der Waals surface area (Å²) >= 11 is 0. The number of aliphatic hydroxyl groups excluding tert-OH is 1. The van der Waals surface area contributed by atoms with E-state index in [2.05, 4.69) is 15.5 Å². The zero-order chi connectivity index (χ0) is 26.9. The number of nitrogens with zero attached hydrogens (tertiary/aromatic N) is 2. The van der Waals surface area contributed by atoms with Crippen LogP contribution in [0.5, 0.6) is 0 Å². The van der Waals surface area contributed by atoms with Crippen molar-refractivity contribution in [3.8, 4) is 0 Å². The van der Waals surface area contributed by atoms with Crippen molar-refractivity contribution in [3.05, 3.63) is 35.9 Å². The van der Waals surface area contributed by atoms with Gasteiger partial charge >= 0.3 is 0 Å². The van der Waals surface area contributed by atoms with Crippen LogP contribution in [0.1, 0.15) is 32.3 Å². The van der Waals surface area contributed by atoms with Crippen molar-refractivity contribution in [3.63, 3.8) is 0 Å². The Morgan fingerprint density at radius 1 is 1.13 bits per heavy atom. The zero-order valence-electron chi connectivity index (χ0n) is 22.3. The first-order valence-corrected chi connectivity index (χ1v) is 13.9. The van der Waals surface area contributed by atoms with Crippen LogP contribution in [0.4, 0.5) is 0 Å². The van der Waals surface area contributed by atoms with Gasteiger partial charge in [-0.05, 0) is 24.3 Å². The largest absolute Gasteiger partial charge is 0.394 e. The van der Waals surface area contributed by atoms with Crippen molar-refractivity contribution >= 4 is 17.7 Å². The second kappa shape index (κ2) is 11.3. The molecule has 0 radical (unpaired) electrons. The number of fused-ring (bicyclic) bond motifs is 1. The molecule has 4 heterocycles. The van der Waals surface area contributed by atoms with Crippen LogP contribution in [0.25, 0.3) is 0 Å². The van der Waals surface area contributed by atoms with Gasteiger partial charge in [-0.3, -0.25) is 19.3 Å². The number of hydrogen-bond acceptors (Lipinski definition) is 7. The van der Waals surface area contributed by atoms with Gasteiger partial charge in [0.25, 0.3) is 0 Å². The molecule has 3 amide bonds. The maximum atomic E-state index is 14.1. The molecule has 6 atom stereocenters. The normalized spacial score (nSPS) is 31.5. The van der Waals surface area contributed by atoms with E-state index in [0.29, 0.717) is 45.7 Å². The summed E-state index contributed by atoms with van der Waals surface area (Å²) in [6, 6.07) is 8.19. The lowest BCUT2D eigenvalue weighted by molar-refractivity contribution is -0.146. The van der Waals surface area contributed by atoms with E-state index in [9.17, 15) is 19.5 Å². The van der Waals surface area contributed by atoms with E-state index in [1.54, 1.807) is 4.90 Å². The average Bonchev–Trinajstić information content (AvgIpc) is 3.56.